The molecule has 0 rings (SSSR count). The Kier molecular flexibility index (Phi) is 5.65. The Morgan fingerprint density at radius 3 is 2.64 bits per heavy atom. The van der Waals surface area contributed by atoms with E-state index in [-0.39, 0.29) is 5.88 Å². The van der Waals surface area contributed by atoms with Gasteiger partial charge in [0.05, 0.1) is 25.7 Å². The molecule has 0 saturated carbocycles. The van der Waals surface area contributed by atoms with Gasteiger partial charge in [0.25, 0.3) is 0 Å². The highest BCUT2D eigenvalue weighted by Crippen LogP contribution is 1.98. The van der Waals surface area contributed by atoms with Gasteiger partial charge in [0.15, 0.2) is 0 Å². The number of carbonyl (C=O) groups is 1. The van der Waals surface area contributed by atoms with E-state index in [0.29, 0.717) is 12.4 Å². The number of allylic oxidation sites excluding steroid dienone is 1. The third-order valence-corrected chi connectivity index (χ3v) is 1.22. The molecule has 0 aliphatic carbocycles. The lowest BCUT2D eigenvalue weighted by Crippen LogP contribution is -2.02. The van der Waals surface area contributed by atoms with Crippen LogP contribution in [0.25, 0.3) is 0 Å². The molecular weight excluding hydrogens is 168 g/mol. The van der Waals surface area contributed by atoms with Crippen molar-refractivity contribution in [1.82, 2.24) is 0 Å². The van der Waals surface area contributed by atoms with Crippen LogP contribution in [0.2, 0.25) is 0 Å². The molecule has 0 radical (unpaired) electrons. The van der Waals surface area contributed by atoms with E-state index in [0.717, 1.165) is 0 Å². The molecule has 0 fully saturated rings. The Balaban J connectivity index is 3.93. The van der Waals surface area contributed by atoms with E-state index < -0.39 is 5.97 Å². The minimum atomic E-state index is -0.426. The van der Waals surface area contributed by atoms with Crippen molar-refractivity contribution in [3.63, 3.8) is 0 Å². The highest BCUT2D eigenvalue weighted by Gasteiger charge is 1.99. The molecule has 0 spiro atoms. The van der Waals surface area contributed by atoms with Crippen LogP contribution in [-0.2, 0) is 14.3 Å². The second-order valence-corrected chi connectivity index (χ2v) is 1.97. The molecule has 0 heterocycles. The van der Waals surface area contributed by atoms with E-state index in [4.69, 9.17) is 16.3 Å². The molecule has 0 bridgehead atoms. The minimum absolute atomic E-state index is 0.176. The first-order valence-electron chi connectivity index (χ1n) is 3.21. The maximum atomic E-state index is 10.7. The molecule has 0 amide bonds. The van der Waals surface area contributed by atoms with Crippen LogP contribution < -0.4 is 0 Å². The first kappa shape index (κ1) is 10.3. The molecule has 0 aliphatic heterocycles. The van der Waals surface area contributed by atoms with E-state index in [1.807, 2.05) is 0 Å². The van der Waals surface area contributed by atoms with Crippen LogP contribution in [0.1, 0.15) is 6.92 Å². The quantitative estimate of drug-likeness (QED) is 0.282. The molecule has 0 saturated heterocycles. The van der Waals surface area contributed by atoms with Crippen LogP contribution in [-0.4, -0.2) is 25.6 Å². The number of esters is 1. The summed E-state index contributed by atoms with van der Waals surface area (Å²) in [7, 11) is 1.45. The van der Waals surface area contributed by atoms with Gasteiger partial charge in [0.1, 0.15) is 5.76 Å². The second-order valence-electron chi connectivity index (χ2n) is 1.70. The number of rotatable bonds is 4. The average molecular weight is 179 g/mol. The third kappa shape index (κ3) is 4.67. The zero-order valence-electron chi connectivity index (χ0n) is 6.59. The van der Waals surface area contributed by atoms with Gasteiger partial charge in [-0.15, -0.1) is 11.6 Å². The summed E-state index contributed by atoms with van der Waals surface area (Å²) < 4.78 is 9.37. The number of hydrogen-bond donors (Lipinski definition) is 0. The van der Waals surface area contributed by atoms with Crippen molar-refractivity contribution in [1.29, 1.82) is 0 Å². The Hall–Kier alpha value is -0.700. The van der Waals surface area contributed by atoms with Crippen LogP contribution in [0.3, 0.4) is 0 Å². The van der Waals surface area contributed by atoms with Gasteiger partial charge in [-0.3, -0.25) is 0 Å². The second kappa shape index (κ2) is 6.04. The van der Waals surface area contributed by atoms with Crippen molar-refractivity contribution in [2.45, 2.75) is 6.92 Å². The Bertz CT molecular complexity index is 148. The molecule has 3 nitrogen and oxygen atoms in total. The van der Waals surface area contributed by atoms with Gasteiger partial charge in [0, 0.05) is 0 Å². The molecule has 0 aliphatic rings. The van der Waals surface area contributed by atoms with Gasteiger partial charge in [-0.25, -0.2) is 4.79 Å². The SMILES string of the molecule is CCOC(=O)/C=C(\CCl)OC. The summed E-state index contributed by atoms with van der Waals surface area (Å²) in [6.07, 6.45) is 1.23. The van der Waals surface area contributed by atoms with Crippen molar-refractivity contribution in [3.05, 3.63) is 11.8 Å². The van der Waals surface area contributed by atoms with E-state index in [1.165, 1.54) is 13.2 Å². The van der Waals surface area contributed by atoms with Gasteiger partial charge >= 0.3 is 5.97 Å². The number of carbonyl (C=O) groups excluding carboxylic acids is 1. The van der Waals surface area contributed by atoms with Crippen LogP contribution in [0.5, 0.6) is 0 Å². The molecule has 0 aromatic carbocycles. The van der Waals surface area contributed by atoms with Crippen molar-refractivity contribution < 1.29 is 14.3 Å². The lowest BCUT2D eigenvalue weighted by molar-refractivity contribution is -0.137. The highest BCUT2D eigenvalue weighted by atomic mass is 35.5. The first-order chi connectivity index (χ1) is 5.24. The fourth-order valence-electron chi connectivity index (χ4n) is 0.467. The first-order valence-corrected chi connectivity index (χ1v) is 3.75. The fourth-order valence-corrected chi connectivity index (χ4v) is 0.654. The summed E-state index contributed by atoms with van der Waals surface area (Å²) >= 11 is 5.41. The third-order valence-electron chi connectivity index (χ3n) is 0.959. The summed E-state index contributed by atoms with van der Waals surface area (Å²) in [5.41, 5.74) is 0. The fraction of sp³-hybridized carbons (Fsp3) is 0.571. The number of halogens is 1. The smallest absolute Gasteiger partial charge is 0.334 e. The summed E-state index contributed by atoms with van der Waals surface area (Å²) in [6, 6.07) is 0. The number of methoxy groups -OCH3 is 1. The molecule has 64 valence electrons. The normalized spacial score (nSPS) is 11.0. The zero-order valence-corrected chi connectivity index (χ0v) is 7.35. The van der Waals surface area contributed by atoms with Crippen molar-refractivity contribution in [2.24, 2.45) is 0 Å². The summed E-state index contributed by atoms with van der Waals surface area (Å²) in [6.45, 7) is 2.09. The summed E-state index contributed by atoms with van der Waals surface area (Å²) in [4.78, 5) is 10.7. The molecule has 0 aromatic rings. The van der Waals surface area contributed by atoms with Crippen molar-refractivity contribution in [3.8, 4) is 0 Å². The Morgan fingerprint density at radius 2 is 2.27 bits per heavy atom. The monoisotopic (exact) mass is 178 g/mol. The van der Waals surface area contributed by atoms with Gasteiger partial charge in [0.2, 0.25) is 0 Å². The van der Waals surface area contributed by atoms with Crippen LogP contribution in [0.15, 0.2) is 11.8 Å². The molecular formula is C7H11ClO3. The van der Waals surface area contributed by atoms with E-state index >= 15 is 0 Å². The highest BCUT2D eigenvalue weighted by molar-refractivity contribution is 6.19. The van der Waals surface area contributed by atoms with Crippen molar-refractivity contribution in [2.75, 3.05) is 19.6 Å². The Morgan fingerprint density at radius 1 is 1.64 bits per heavy atom. The number of hydrogen-bond acceptors (Lipinski definition) is 3. The number of alkyl halides is 1. The molecule has 0 unspecified atom stereocenters. The maximum Gasteiger partial charge on any atom is 0.334 e. The molecule has 11 heavy (non-hydrogen) atoms. The van der Waals surface area contributed by atoms with Gasteiger partial charge in [-0.1, -0.05) is 0 Å². The van der Waals surface area contributed by atoms with Crippen LogP contribution in [0, 0.1) is 0 Å². The number of ether oxygens (including phenoxy) is 2. The topological polar surface area (TPSA) is 35.5 Å². The molecule has 0 aromatic heterocycles. The minimum Gasteiger partial charge on any atom is -0.500 e. The van der Waals surface area contributed by atoms with Gasteiger partial charge in [-0.05, 0) is 6.92 Å². The predicted molar refractivity (Wildman–Crippen MR) is 42.4 cm³/mol. The van der Waals surface area contributed by atoms with E-state index in [9.17, 15) is 4.79 Å². The molecule has 4 heteroatoms. The van der Waals surface area contributed by atoms with Crippen LogP contribution in [0.4, 0.5) is 0 Å². The molecule has 0 N–H and O–H groups in total. The average Bonchev–Trinajstić information content (AvgIpc) is 2.01. The van der Waals surface area contributed by atoms with Gasteiger partial charge < -0.3 is 9.47 Å². The van der Waals surface area contributed by atoms with Gasteiger partial charge in [-0.2, -0.15) is 0 Å². The lowest BCUT2D eigenvalue weighted by Gasteiger charge is -2.00. The Labute approximate surface area is 70.9 Å². The summed E-state index contributed by atoms with van der Waals surface area (Å²) in [5.74, 6) is 0.157. The van der Waals surface area contributed by atoms with E-state index in [2.05, 4.69) is 4.74 Å². The lowest BCUT2D eigenvalue weighted by atomic mass is 10.5. The van der Waals surface area contributed by atoms with E-state index in [1.54, 1.807) is 6.92 Å². The standard InChI is InChI=1S/C7H11ClO3/c1-3-11-7(9)4-6(5-8)10-2/h4H,3,5H2,1-2H3/b6-4+. The molecule has 0 atom stereocenters. The largest absolute Gasteiger partial charge is 0.500 e. The van der Waals surface area contributed by atoms with Crippen LogP contribution >= 0.6 is 11.6 Å². The zero-order chi connectivity index (χ0) is 8.69. The predicted octanol–water partition coefficient (Wildman–Crippen LogP) is 1.32. The maximum absolute atomic E-state index is 10.7. The summed E-state index contributed by atoms with van der Waals surface area (Å²) in [5, 5.41) is 0. The van der Waals surface area contributed by atoms with Crippen molar-refractivity contribution >= 4 is 17.6 Å².